The van der Waals surface area contributed by atoms with Gasteiger partial charge >= 0.3 is 12.1 Å². The number of nitrogens with zero attached hydrogens (tertiary/aromatic N) is 3. The normalized spacial score (nSPS) is 19.7. The van der Waals surface area contributed by atoms with Crippen molar-refractivity contribution >= 4 is 33.2 Å². The van der Waals surface area contributed by atoms with E-state index in [1.807, 2.05) is 4.90 Å². The molecular formula is C20H31F3N4O5S2. The number of hydrogen-bond acceptors (Lipinski definition) is 7. The maximum atomic E-state index is 13.1. The van der Waals surface area contributed by atoms with E-state index in [4.69, 9.17) is 9.90 Å². The molecule has 194 valence electrons. The highest BCUT2D eigenvalue weighted by Crippen LogP contribution is 2.25. The number of amides is 1. The molecule has 0 spiro atoms. The van der Waals surface area contributed by atoms with Crippen LogP contribution < -0.4 is 5.32 Å². The average Bonchev–Trinajstić information content (AvgIpc) is 3.49. The number of alkyl halides is 3. The molecule has 3 rings (SSSR count). The van der Waals surface area contributed by atoms with Crippen molar-refractivity contribution < 1.29 is 36.3 Å². The smallest absolute Gasteiger partial charge is 0.475 e. The van der Waals surface area contributed by atoms with E-state index in [2.05, 4.69) is 17.1 Å². The Morgan fingerprint density at radius 1 is 1.26 bits per heavy atom. The van der Waals surface area contributed by atoms with Gasteiger partial charge in [0.2, 0.25) is 5.91 Å². The number of carbonyl (C=O) groups excluding carboxylic acids is 1. The minimum Gasteiger partial charge on any atom is -0.475 e. The number of hydrogen-bond donors (Lipinski definition) is 2. The number of carboxylic acid groups (broad SMARTS) is 1. The highest BCUT2D eigenvalue weighted by atomic mass is 32.2. The van der Waals surface area contributed by atoms with Crippen molar-refractivity contribution in [1.82, 2.24) is 19.4 Å². The first-order chi connectivity index (χ1) is 16.0. The molecule has 1 aromatic rings. The van der Waals surface area contributed by atoms with Crippen LogP contribution in [0.1, 0.15) is 26.2 Å². The fourth-order valence-corrected chi connectivity index (χ4v) is 6.52. The summed E-state index contributed by atoms with van der Waals surface area (Å²) in [5.41, 5.74) is 0. The van der Waals surface area contributed by atoms with E-state index in [1.54, 1.807) is 17.5 Å². The molecule has 1 atom stereocenters. The Morgan fingerprint density at radius 2 is 1.91 bits per heavy atom. The third kappa shape index (κ3) is 8.18. The van der Waals surface area contributed by atoms with Crippen molar-refractivity contribution in [2.75, 3.05) is 52.4 Å². The van der Waals surface area contributed by atoms with Gasteiger partial charge in [-0.05, 0) is 37.4 Å². The fraction of sp³-hybridized carbons (Fsp3) is 0.700. The van der Waals surface area contributed by atoms with Crippen molar-refractivity contribution in [1.29, 1.82) is 0 Å². The molecular weight excluding hydrogens is 497 g/mol. The maximum absolute atomic E-state index is 13.1. The second-order valence-corrected chi connectivity index (χ2v) is 11.0. The number of sulfonamides is 1. The minimum atomic E-state index is -5.08. The summed E-state index contributed by atoms with van der Waals surface area (Å²) in [5, 5.41) is 12.1. The zero-order valence-electron chi connectivity index (χ0n) is 19.0. The van der Waals surface area contributed by atoms with Crippen LogP contribution in [0.4, 0.5) is 13.2 Å². The van der Waals surface area contributed by atoms with E-state index >= 15 is 0 Å². The van der Waals surface area contributed by atoms with E-state index in [1.165, 1.54) is 15.6 Å². The van der Waals surface area contributed by atoms with E-state index < -0.39 is 22.2 Å². The number of carbonyl (C=O) groups is 2. The molecule has 34 heavy (non-hydrogen) atoms. The molecule has 2 aliphatic rings. The van der Waals surface area contributed by atoms with Crippen LogP contribution in [0.5, 0.6) is 0 Å². The number of aliphatic carboxylic acids is 1. The molecule has 1 unspecified atom stereocenters. The van der Waals surface area contributed by atoms with Crippen LogP contribution in [-0.4, -0.2) is 104 Å². The van der Waals surface area contributed by atoms with Crippen LogP contribution in [0.25, 0.3) is 0 Å². The van der Waals surface area contributed by atoms with Crippen LogP contribution in [0, 0.1) is 0 Å². The molecule has 2 aliphatic heterocycles. The lowest BCUT2D eigenvalue weighted by molar-refractivity contribution is -0.192. The molecule has 3 heterocycles. The third-order valence-corrected chi connectivity index (χ3v) is 8.93. The van der Waals surface area contributed by atoms with Gasteiger partial charge in [0.1, 0.15) is 4.21 Å². The van der Waals surface area contributed by atoms with Gasteiger partial charge < -0.3 is 15.3 Å². The lowest BCUT2D eigenvalue weighted by Crippen LogP contribution is -2.48. The zero-order chi connectivity index (χ0) is 25.4. The average molecular weight is 529 g/mol. The first-order valence-electron chi connectivity index (χ1n) is 11.0. The van der Waals surface area contributed by atoms with Gasteiger partial charge in [0, 0.05) is 51.7 Å². The van der Waals surface area contributed by atoms with Gasteiger partial charge in [-0.1, -0.05) is 13.0 Å². The van der Waals surface area contributed by atoms with Crippen LogP contribution in [0.2, 0.25) is 0 Å². The second kappa shape index (κ2) is 12.8. The number of likely N-dealkylation sites (N-methyl/N-ethyl adjacent to an activating group) is 1. The Hall–Kier alpha value is -1.74. The summed E-state index contributed by atoms with van der Waals surface area (Å²) in [5.74, 6) is -2.71. The molecule has 1 aromatic heterocycles. The van der Waals surface area contributed by atoms with Crippen LogP contribution in [-0.2, 0) is 19.6 Å². The van der Waals surface area contributed by atoms with Crippen molar-refractivity contribution in [3.63, 3.8) is 0 Å². The molecule has 0 aliphatic carbocycles. The lowest BCUT2D eigenvalue weighted by Gasteiger charge is -2.31. The topological polar surface area (TPSA) is 110 Å². The molecule has 2 N–H and O–H groups in total. The number of thiophene rings is 1. The van der Waals surface area contributed by atoms with Gasteiger partial charge in [-0.25, -0.2) is 13.2 Å². The number of piperazine rings is 1. The first kappa shape index (κ1) is 28.5. The summed E-state index contributed by atoms with van der Waals surface area (Å²) in [7, 11) is -3.56. The van der Waals surface area contributed by atoms with E-state index in [0.717, 1.165) is 39.0 Å². The predicted molar refractivity (Wildman–Crippen MR) is 121 cm³/mol. The summed E-state index contributed by atoms with van der Waals surface area (Å²) in [4.78, 5) is 25.6. The standard InChI is InChI=1S/C18H30N4O3S2.C2HF3O2/c1-2-20-10-3-5-16(20)15-22(27(24,25)18-6-4-14-26-18)11-7-17(23)21-12-8-19-9-13-21;3-2(4,5)1(6)7/h4,6,14,16,19H,2-3,5,7-13,15H2,1H3;(H,6,7). The number of likely N-dealkylation sites (tertiary alicyclic amines) is 1. The van der Waals surface area contributed by atoms with E-state index in [-0.39, 0.29) is 24.9 Å². The summed E-state index contributed by atoms with van der Waals surface area (Å²) in [6.45, 7) is 7.77. The SMILES string of the molecule is CCN1CCCC1CN(CCC(=O)N1CCNCC1)S(=O)(=O)c1cccs1.O=C(O)C(F)(F)F. The number of rotatable bonds is 8. The molecule has 2 fully saturated rings. The molecule has 0 radical (unpaired) electrons. The summed E-state index contributed by atoms with van der Waals surface area (Å²) in [6, 6.07) is 3.64. The van der Waals surface area contributed by atoms with Crippen LogP contribution in [0.3, 0.4) is 0 Å². The van der Waals surface area contributed by atoms with E-state index in [0.29, 0.717) is 23.8 Å². The molecule has 0 saturated carbocycles. The summed E-state index contributed by atoms with van der Waals surface area (Å²) >= 11 is 1.24. The highest BCUT2D eigenvalue weighted by Gasteiger charge is 2.38. The quantitative estimate of drug-likeness (QED) is 0.528. The molecule has 2 saturated heterocycles. The summed E-state index contributed by atoms with van der Waals surface area (Å²) < 4.78 is 59.9. The monoisotopic (exact) mass is 528 g/mol. The Bertz CT molecular complexity index is 891. The Balaban J connectivity index is 0.000000509. The van der Waals surface area contributed by atoms with Crippen LogP contribution in [0.15, 0.2) is 21.7 Å². The van der Waals surface area contributed by atoms with Crippen molar-refractivity contribution in [2.45, 2.75) is 42.6 Å². The Kier molecular flexibility index (Phi) is 10.7. The molecule has 1 amide bonds. The predicted octanol–water partition coefficient (Wildman–Crippen LogP) is 1.68. The third-order valence-electron chi connectivity index (χ3n) is 5.70. The fourth-order valence-electron chi connectivity index (χ4n) is 3.89. The Labute approximate surface area is 201 Å². The first-order valence-corrected chi connectivity index (χ1v) is 13.3. The number of halogens is 3. The van der Waals surface area contributed by atoms with Gasteiger partial charge in [0.05, 0.1) is 0 Å². The maximum Gasteiger partial charge on any atom is 0.490 e. The zero-order valence-corrected chi connectivity index (χ0v) is 20.6. The van der Waals surface area contributed by atoms with Gasteiger partial charge in [0.15, 0.2) is 0 Å². The number of nitrogens with one attached hydrogen (secondary N) is 1. The van der Waals surface area contributed by atoms with Crippen molar-refractivity contribution in [2.24, 2.45) is 0 Å². The molecule has 0 aromatic carbocycles. The van der Waals surface area contributed by atoms with Gasteiger partial charge in [-0.15, -0.1) is 11.3 Å². The lowest BCUT2D eigenvalue weighted by atomic mass is 10.2. The second-order valence-electron chi connectivity index (χ2n) is 7.90. The van der Waals surface area contributed by atoms with Crippen molar-refractivity contribution in [3.05, 3.63) is 17.5 Å². The van der Waals surface area contributed by atoms with Gasteiger partial charge in [0.25, 0.3) is 10.0 Å². The Morgan fingerprint density at radius 3 is 2.44 bits per heavy atom. The van der Waals surface area contributed by atoms with Gasteiger partial charge in [-0.3, -0.25) is 9.69 Å². The molecule has 9 nitrogen and oxygen atoms in total. The highest BCUT2D eigenvalue weighted by molar-refractivity contribution is 7.91. The van der Waals surface area contributed by atoms with Crippen LogP contribution >= 0.6 is 11.3 Å². The minimum absolute atomic E-state index is 0.0432. The molecule has 0 bridgehead atoms. The van der Waals surface area contributed by atoms with Gasteiger partial charge in [-0.2, -0.15) is 17.5 Å². The number of carboxylic acids is 1. The van der Waals surface area contributed by atoms with Crippen molar-refractivity contribution in [3.8, 4) is 0 Å². The largest absolute Gasteiger partial charge is 0.490 e. The summed E-state index contributed by atoms with van der Waals surface area (Å²) in [6.07, 6.45) is -2.73. The van der Waals surface area contributed by atoms with E-state index in [9.17, 15) is 26.4 Å². The molecule has 14 heteroatoms.